The molecule has 0 fully saturated rings. The van der Waals surface area contributed by atoms with Crippen LogP contribution in [0.4, 0.5) is 5.95 Å². The lowest BCUT2D eigenvalue weighted by Crippen LogP contribution is -2.03. The molecule has 104 valence electrons. The third-order valence-corrected chi connectivity index (χ3v) is 3.75. The Balaban J connectivity index is 1.97. The first-order valence-electron chi connectivity index (χ1n) is 7.45. The Kier molecular flexibility index (Phi) is 4.83. The Morgan fingerprint density at radius 2 is 1.84 bits per heavy atom. The van der Waals surface area contributed by atoms with Crippen molar-refractivity contribution in [2.75, 3.05) is 5.73 Å². The zero-order chi connectivity index (χ0) is 13.7. The lowest BCUT2D eigenvalue weighted by molar-refractivity contribution is 0.567. The maximum Gasteiger partial charge on any atom is 0.201 e. The van der Waals surface area contributed by atoms with E-state index in [1.54, 1.807) is 0 Å². The summed E-state index contributed by atoms with van der Waals surface area (Å²) < 4.78 is 2.15. The number of fused-ring (bicyclic) bond motifs is 1. The van der Waals surface area contributed by atoms with Crippen LogP contribution in [0.15, 0.2) is 18.2 Å². The first-order chi connectivity index (χ1) is 9.24. The summed E-state index contributed by atoms with van der Waals surface area (Å²) in [5.41, 5.74) is 9.46. The third kappa shape index (κ3) is 3.28. The Hall–Kier alpha value is -1.51. The zero-order valence-electron chi connectivity index (χ0n) is 12.2. The van der Waals surface area contributed by atoms with Crippen molar-refractivity contribution in [1.29, 1.82) is 0 Å². The molecule has 0 radical (unpaired) electrons. The van der Waals surface area contributed by atoms with Gasteiger partial charge >= 0.3 is 0 Å². The first kappa shape index (κ1) is 13.9. The number of unbranched alkanes of at least 4 members (excludes halogenated alkanes) is 5. The summed E-state index contributed by atoms with van der Waals surface area (Å²) in [6.45, 7) is 5.32. The molecular weight excluding hydrogens is 234 g/mol. The van der Waals surface area contributed by atoms with Gasteiger partial charge in [-0.3, -0.25) is 0 Å². The number of para-hydroxylation sites is 1. The predicted octanol–water partition coefficient (Wildman–Crippen LogP) is 4.29. The molecule has 0 saturated carbocycles. The molecule has 1 aromatic heterocycles. The number of hydrogen-bond donors (Lipinski definition) is 1. The normalized spacial score (nSPS) is 11.3. The minimum absolute atomic E-state index is 0.651. The summed E-state index contributed by atoms with van der Waals surface area (Å²) in [6.07, 6.45) is 7.82. The van der Waals surface area contributed by atoms with Crippen molar-refractivity contribution >= 4 is 17.0 Å². The number of anilines is 1. The fourth-order valence-electron chi connectivity index (χ4n) is 2.59. The van der Waals surface area contributed by atoms with E-state index in [9.17, 15) is 0 Å². The van der Waals surface area contributed by atoms with E-state index >= 15 is 0 Å². The van der Waals surface area contributed by atoms with Crippen LogP contribution in [0.2, 0.25) is 0 Å². The van der Waals surface area contributed by atoms with Gasteiger partial charge in [-0.15, -0.1) is 0 Å². The van der Waals surface area contributed by atoms with E-state index in [0.29, 0.717) is 5.95 Å². The number of nitrogens with zero attached hydrogens (tertiary/aromatic N) is 2. The largest absolute Gasteiger partial charge is 0.369 e. The molecular formula is C16H25N3. The van der Waals surface area contributed by atoms with E-state index < -0.39 is 0 Å². The average Bonchev–Trinajstić information content (AvgIpc) is 2.72. The van der Waals surface area contributed by atoms with Gasteiger partial charge in [0, 0.05) is 6.54 Å². The zero-order valence-corrected chi connectivity index (χ0v) is 12.2. The van der Waals surface area contributed by atoms with Crippen LogP contribution in [0.3, 0.4) is 0 Å². The lowest BCUT2D eigenvalue weighted by atomic mass is 10.1. The number of imidazole rings is 1. The van der Waals surface area contributed by atoms with Gasteiger partial charge in [0.2, 0.25) is 5.95 Å². The second-order valence-electron chi connectivity index (χ2n) is 5.33. The van der Waals surface area contributed by atoms with E-state index in [-0.39, 0.29) is 0 Å². The van der Waals surface area contributed by atoms with Gasteiger partial charge in [-0.05, 0) is 25.0 Å². The van der Waals surface area contributed by atoms with Crippen molar-refractivity contribution in [1.82, 2.24) is 9.55 Å². The molecule has 2 aromatic rings. The molecule has 0 atom stereocenters. The highest BCUT2D eigenvalue weighted by molar-refractivity contribution is 5.81. The Morgan fingerprint density at radius 1 is 1.11 bits per heavy atom. The van der Waals surface area contributed by atoms with Gasteiger partial charge < -0.3 is 10.3 Å². The molecule has 2 rings (SSSR count). The first-order valence-corrected chi connectivity index (χ1v) is 7.45. The Labute approximate surface area is 115 Å². The Bertz CT molecular complexity index is 528. The van der Waals surface area contributed by atoms with Crippen molar-refractivity contribution in [2.24, 2.45) is 0 Å². The second-order valence-corrected chi connectivity index (χ2v) is 5.33. The fourth-order valence-corrected chi connectivity index (χ4v) is 2.59. The van der Waals surface area contributed by atoms with Crippen molar-refractivity contribution < 1.29 is 0 Å². The second kappa shape index (κ2) is 6.60. The highest BCUT2D eigenvalue weighted by Crippen LogP contribution is 2.21. The summed E-state index contributed by atoms with van der Waals surface area (Å²) in [7, 11) is 0. The van der Waals surface area contributed by atoms with E-state index in [1.165, 1.54) is 49.6 Å². The average molecular weight is 259 g/mol. The van der Waals surface area contributed by atoms with Crippen LogP contribution >= 0.6 is 0 Å². The van der Waals surface area contributed by atoms with Crippen molar-refractivity contribution in [2.45, 2.75) is 58.9 Å². The highest BCUT2D eigenvalue weighted by Gasteiger charge is 2.08. The van der Waals surface area contributed by atoms with Gasteiger partial charge in [0.15, 0.2) is 0 Å². The number of aryl methyl sites for hydroxylation is 2. The van der Waals surface area contributed by atoms with Gasteiger partial charge in [0.05, 0.1) is 11.0 Å². The Morgan fingerprint density at radius 3 is 2.63 bits per heavy atom. The van der Waals surface area contributed by atoms with Crippen LogP contribution in [0, 0.1) is 6.92 Å². The summed E-state index contributed by atoms with van der Waals surface area (Å²) in [5.74, 6) is 0.651. The lowest BCUT2D eigenvalue weighted by Gasteiger charge is -2.06. The summed E-state index contributed by atoms with van der Waals surface area (Å²) >= 11 is 0. The molecule has 0 aliphatic heterocycles. The molecule has 2 N–H and O–H groups in total. The van der Waals surface area contributed by atoms with E-state index in [4.69, 9.17) is 5.73 Å². The smallest absolute Gasteiger partial charge is 0.201 e. The molecule has 3 nitrogen and oxygen atoms in total. The summed E-state index contributed by atoms with van der Waals surface area (Å²) in [4.78, 5) is 4.48. The number of nitrogens with two attached hydrogens (primary N) is 1. The van der Waals surface area contributed by atoms with Crippen LogP contribution < -0.4 is 5.73 Å². The maximum atomic E-state index is 6.04. The molecule has 3 heteroatoms. The molecule has 0 unspecified atom stereocenters. The minimum Gasteiger partial charge on any atom is -0.369 e. The quantitative estimate of drug-likeness (QED) is 0.754. The molecule has 0 amide bonds. The SMILES string of the molecule is CCCCCCCCn1c(N)nc2c(C)cccc21. The molecule has 0 saturated heterocycles. The van der Waals surface area contributed by atoms with Gasteiger partial charge in [-0.2, -0.15) is 0 Å². The van der Waals surface area contributed by atoms with Crippen molar-refractivity contribution in [3.63, 3.8) is 0 Å². The number of benzene rings is 1. The molecule has 19 heavy (non-hydrogen) atoms. The highest BCUT2D eigenvalue weighted by atomic mass is 15.1. The topological polar surface area (TPSA) is 43.8 Å². The minimum atomic E-state index is 0.651. The summed E-state index contributed by atoms with van der Waals surface area (Å²) in [5, 5.41) is 0. The van der Waals surface area contributed by atoms with Crippen LogP contribution in [-0.4, -0.2) is 9.55 Å². The third-order valence-electron chi connectivity index (χ3n) is 3.75. The fraction of sp³-hybridized carbons (Fsp3) is 0.562. The number of aromatic nitrogens is 2. The van der Waals surface area contributed by atoms with E-state index in [0.717, 1.165) is 12.1 Å². The number of hydrogen-bond acceptors (Lipinski definition) is 2. The number of rotatable bonds is 7. The summed E-state index contributed by atoms with van der Waals surface area (Å²) in [6, 6.07) is 6.28. The molecule has 0 aliphatic carbocycles. The van der Waals surface area contributed by atoms with Crippen LogP contribution in [-0.2, 0) is 6.54 Å². The van der Waals surface area contributed by atoms with Gasteiger partial charge in [0.25, 0.3) is 0 Å². The van der Waals surface area contributed by atoms with E-state index in [1.807, 2.05) is 0 Å². The molecule has 0 spiro atoms. The van der Waals surface area contributed by atoms with E-state index in [2.05, 4.69) is 41.6 Å². The van der Waals surface area contributed by atoms with Crippen LogP contribution in [0.1, 0.15) is 51.0 Å². The molecule has 1 aromatic carbocycles. The van der Waals surface area contributed by atoms with Gasteiger partial charge in [0.1, 0.15) is 0 Å². The molecule has 1 heterocycles. The maximum absolute atomic E-state index is 6.04. The van der Waals surface area contributed by atoms with Crippen LogP contribution in [0.5, 0.6) is 0 Å². The monoisotopic (exact) mass is 259 g/mol. The van der Waals surface area contributed by atoms with Crippen molar-refractivity contribution in [3.8, 4) is 0 Å². The molecule has 0 aliphatic rings. The standard InChI is InChI=1S/C16H25N3/c1-3-4-5-6-7-8-12-19-14-11-9-10-13(2)15(14)18-16(19)17/h9-11H,3-8,12H2,1-2H3,(H2,17,18). The van der Waals surface area contributed by atoms with Crippen molar-refractivity contribution in [3.05, 3.63) is 23.8 Å². The van der Waals surface area contributed by atoms with Gasteiger partial charge in [-0.25, -0.2) is 4.98 Å². The van der Waals surface area contributed by atoms with Crippen LogP contribution in [0.25, 0.3) is 11.0 Å². The predicted molar refractivity (Wildman–Crippen MR) is 82.3 cm³/mol. The number of nitrogen functional groups attached to an aromatic ring is 1. The molecule has 0 bridgehead atoms. The van der Waals surface area contributed by atoms with Gasteiger partial charge in [-0.1, -0.05) is 51.2 Å².